The molecule has 2 unspecified atom stereocenters. The summed E-state index contributed by atoms with van der Waals surface area (Å²) in [7, 11) is 0. The second-order valence-electron chi connectivity index (χ2n) is 1.95. The van der Waals surface area contributed by atoms with E-state index in [-0.39, 0.29) is 38.8 Å². The molecule has 3 heteroatoms. The summed E-state index contributed by atoms with van der Waals surface area (Å²) in [6.07, 6.45) is 0.0655. The molecule has 0 rings (SSSR count). The van der Waals surface area contributed by atoms with Crippen LogP contribution in [0.15, 0.2) is 0 Å². The van der Waals surface area contributed by atoms with Gasteiger partial charge in [-0.3, -0.25) is 0 Å². The minimum Gasteiger partial charge on any atom is -0.425 e. The summed E-state index contributed by atoms with van der Waals surface area (Å²) < 4.78 is 0. The largest absolute Gasteiger partial charge is 0.425 e. The van der Waals surface area contributed by atoms with Crippen LogP contribution in [0.25, 0.3) is 0 Å². The van der Waals surface area contributed by atoms with Crippen molar-refractivity contribution in [2.75, 3.05) is 0 Å². The molecule has 1 radical (unpaired) electrons. The number of aliphatic hydroxyl groups excluding tert-OH is 2. The molecule has 0 aliphatic carbocycles. The second kappa shape index (κ2) is 7.13. The van der Waals surface area contributed by atoms with Crippen molar-refractivity contribution in [2.45, 2.75) is 32.0 Å². The third kappa shape index (κ3) is 9.02. The fourth-order valence-electron chi connectivity index (χ4n) is 0.481. The monoisotopic (exact) mass is 206 g/mol. The molecule has 0 saturated carbocycles. The minimum absolute atomic E-state index is 0. The topological polar surface area (TPSA) is 40.5 Å². The number of hydrogen-bond donors (Lipinski definition) is 2. The third-order valence-corrected chi connectivity index (χ3v) is 1.02. The molecule has 0 aromatic rings. The SMILES string of the molecule is [CH2-]C(O)CC(O)CC.[Y]. The average Bonchev–Trinajstić information content (AvgIpc) is 1.65. The first kappa shape index (κ1) is 12.7. The van der Waals surface area contributed by atoms with Crippen LogP contribution in [0.2, 0.25) is 0 Å². The molecule has 9 heavy (non-hydrogen) atoms. The Bertz CT molecular complexity index is 57.0. The van der Waals surface area contributed by atoms with E-state index in [4.69, 9.17) is 10.2 Å². The molecule has 0 aliphatic rings. The number of hydrogen-bond acceptors (Lipinski definition) is 2. The van der Waals surface area contributed by atoms with Crippen LogP contribution in [0.3, 0.4) is 0 Å². The van der Waals surface area contributed by atoms with Gasteiger partial charge in [-0.15, -0.1) is 0 Å². The maximum atomic E-state index is 8.83. The van der Waals surface area contributed by atoms with E-state index < -0.39 is 6.10 Å². The summed E-state index contributed by atoms with van der Waals surface area (Å²) in [5.41, 5.74) is 0. The first-order valence-corrected chi connectivity index (χ1v) is 2.86. The van der Waals surface area contributed by atoms with Crippen LogP contribution in [0, 0.1) is 6.92 Å². The van der Waals surface area contributed by atoms with Crippen LogP contribution in [0.1, 0.15) is 19.8 Å². The predicted octanol–water partition coefficient (Wildman–Crippen LogP) is 0.340. The Morgan fingerprint density at radius 2 is 1.89 bits per heavy atom. The maximum absolute atomic E-state index is 8.83. The molecule has 0 aromatic heterocycles. The molecular weight excluding hydrogens is 193 g/mol. The smallest absolute Gasteiger partial charge is 0.0536 e. The Kier molecular flexibility index (Phi) is 10.1. The van der Waals surface area contributed by atoms with Crippen LogP contribution in [0.4, 0.5) is 0 Å². The van der Waals surface area contributed by atoms with E-state index in [0.717, 1.165) is 0 Å². The van der Waals surface area contributed by atoms with E-state index in [1.54, 1.807) is 0 Å². The van der Waals surface area contributed by atoms with Gasteiger partial charge in [-0.05, 0) is 12.8 Å². The zero-order valence-electron chi connectivity index (χ0n) is 5.75. The zero-order chi connectivity index (χ0) is 6.57. The van der Waals surface area contributed by atoms with Crippen molar-refractivity contribution in [2.24, 2.45) is 0 Å². The predicted molar refractivity (Wildman–Crippen MR) is 32.3 cm³/mol. The Morgan fingerprint density at radius 3 is 2.00 bits per heavy atom. The molecule has 0 bridgehead atoms. The van der Waals surface area contributed by atoms with E-state index in [1.807, 2.05) is 6.92 Å². The zero-order valence-corrected chi connectivity index (χ0v) is 8.59. The summed E-state index contributed by atoms with van der Waals surface area (Å²) >= 11 is 0. The van der Waals surface area contributed by atoms with Gasteiger partial charge in [-0.2, -0.15) is 0 Å². The maximum Gasteiger partial charge on any atom is 0.0536 e. The van der Waals surface area contributed by atoms with Crippen molar-refractivity contribution in [1.82, 2.24) is 0 Å². The van der Waals surface area contributed by atoms with Gasteiger partial charge in [0.1, 0.15) is 0 Å². The summed E-state index contributed by atoms with van der Waals surface area (Å²) in [6, 6.07) is 0. The molecule has 0 fully saturated rings. The van der Waals surface area contributed by atoms with Gasteiger partial charge in [-0.1, -0.05) is 13.0 Å². The number of rotatable bonds is 3. The van der Waals surface area contributed by atoms with Gasteiger partial charge in [0, 0.05) is 32.7 Å². The van der Waals surface area contributed by atoms with Crippen molar-refractivity contribution in [1.29, 1.82) is 0 Å². The van der Waals surface area contributed by atoms with Gasteiger partial charge in [0.15, 0.2) is 0 Å². The Labute approximate surface area is 81.5 Å². The molecule has 0 heterocycles. The summed E-state index contributed by atoms with van der Waals surface area (Å²) in [6.45, 7) is 5.19. The van der Waals surface area contributed by atoms with Gasteiger partial charge >= 0.3 is 0 Å². The molecule has 2 N–H and O–H groups in total. The molecule has 2 nitrogen and oxygen atoms in total. The first-order valence-electron chi connectivity index (χ1n) is 2.86. The molecule has 2 atom stereocenters. The average molecular weight is 206 g/mol. The van der Waals surface area contributed by atoms with Crippen LogP contribution < -0.4 is 0 Å². The van der Waals surface area contributed by atoms with Crippen LogP contribution in [0.5, 0.6) is 0 Å². The normalized spacial score (nSPS) is 16.0. The fourth-order valence-corrected chi connectivity index (χ4v) is 0.481. The van der Waals surface area contributed by atoms with Crippen molar-refractivity contribution >= 4 is 0 Å². The first-order chi connectivity index (χ1) is 3.66. The van der Waals surface area contributed by atoms with Gasteiger partial charge in [0.05, 0.1) is 6.10 Å². The van der Waals surface area contributed by atoms with Gasteiger partial charge < -0.3 is 17.1 Å². The summed E-state index contributed by atoms with van der Waals surface area (Å²) in [4.78, 5) is 0. The molecule has 0 saturated heterocycles. The van der Waals surface area contributed by atoms with E-state index in [0.29, 0.717) is 12.8 Å². The summed E-state index contributed by atoms with van der Waals surface area (Å²) in [5, 5.41) is 17.4. The Morgan fingerprint density at radius 1 is 1.44 bits per heavy atom. The molecule has 0 aliphatic heterocycles. The Balaban J connectivity index is 0. The van der Waals surface area contributed by atoms with E-state index >= 15 is 0 Å². The molecular formula is C6H13O2Y-. The Hall–Kier alpha value is 1.02. The fraction of sp³-hybridized carbons (Fsp3) is 0.833. The van der Waals surface area contributed by atoms with E-state index in [2.05, 4.69) is 6.92 Å². The van der Waals surface area contributed by atoms with Crippen molar-refractivity contribution in [3.63, 3.8) is 0 Å². The molecule has 0 amide bonds. The van der Waals surface area contributed by atoms with Gasteiger partial charge in [0.25, 0.3) is 0 Å². The minimum atomic E-state index is -0.620. The van der Waals surface area contributed by atoms with Gasteiger partial charge in [-0.25, -0.2) is 0 Å². The standard InChI is InChI=1S/C6H13O2.Y/c1-3-6(8)4-5(2)7;/h5-8H,2-4H2,1H3;/q-1;. The van der Waals surface area contributed by atoms with E-state index in [1.165, 1.54) is 0 Å². The van der Waals surface area contributed by atoms with Crippen LogP contribution in [-0.4, -0.2) is 22.4 Å². The van der Waals surface area contributed by atoms with Crippen molar-refractivity contribution < 1.29 is 42.9 Å². The second-order valence-corrected chi connectivity index (χ2v) is 1.95. The molecule has 0 aromatic carbocycles. The van der Waals surface area contributed by atoms with Crippen molar-refractivity contribution in [3.8, 4) is 0 Å². The van der Waals surface area contributed by atoms with Crippen LogP contribution in [-0.2, 0) is 32.7 Å². The third-order valence-electron chi connectivity index (χ3n) is 1.02. The molecule has 53 valence electrons. The number of aliphatic hydroxyl groups is 2. The van der Waals surface area contributed by atoms with E-state index in [9.17, 15) is 0 Å². The van der Waals surface area contributed by atoms with Gasteiger partial charge in [0.2, 0.25) is 0 Å². The van der Waals surface area contributed by atoms with Crippen LogP contribution >= 0.6 is 0 Å². The quantitative estimate of drug-likeness (QED) is 0.653. The molecule has 0 spiro atoms. The summed E-state index contributed by atoms with van der Waals surface area (Å²) in [5.74, 6) is 0. The van der Waals surface area contributed by atoms with Crippen molar-refractivity contribution in [3.05, 3.63) is 6.92 Å².